The molecule has 2 aromatic carbocycles. The van der Waals surface area contributed by atoms with E-state index in [1.165, 1.54) is 0 Å². The van der Waals surface area contributed by atoms with Gasteiger partial charge in [0, 0.05) is 5.69 Å². The minimum atomic E-state index is -0.807. The van der Waals surface area contributed by atoms with Crippen molar-refractivity contribution in [3.63, 3.8) is 0 Å². The van der Waals surface area contributed by atoms with Gasteiger partial charge in [-0.3, -0.25) is 9.59 Å². The Morgan fingerprint density at radius 3 is 2.42 bits per heavy atom. The van der Waals surface area contributed by atoms with Crippen LogP contribution in [0, 0.1) is 13.8 Å². The molecule has 0 aromatic heterocycles. The molecule has 0 saturated heterocycles. The first-order valence-corrected chi connectivity index (χ1v) is 8.52. The summed E-state index contributed by atoms with van der Waals surface area (Å²) >= 11 is 0. The number of hydrogen-bond donors (Lipinski definition) is 2. The number of para-hydroxylation sites is 2. The summed E-state index contributed by atoms with van der Waals surface area (Å²) in [5, 5.41) is 5.42. The lowest BCUT2D eigenvalue weighted by Gasteiger charge is -2.30. The van der Waals surface area contributed by atoms with Crippen molar-refractivity contribution < 1.29 is 19.1 Å². The van der Waals surface area contributed by atoms with Crippen molar-refractivity contribution in [1.82, 2.24) is 5.32 Å². The molecular weight excluding hydrogens is 332 g/mol. The highest BCUT2D eigenvalue weighted by atomic mass is 16.6. The molecule has 0 unspecified atom stereocenters. The maximum Gasteiger partial charge on any atom is 0.265 e. The highest BCUT2D eigenvalue weighted by molar-refractivity contribution is 5.96. The zero-order valence-corrected chi connectivity index (χ0v) is 15.0. The molecule has 0 aliphatic carbocycles. The Labute approximate surface area is 152 Å². The third-order valence-corrected chi connectivity index (χ3v) is 4.40. The van der Waals surface area contributed by atoms with Gasteiger partial charge in [-0.15, -0.1) is 0 Å². The van der Waals surface area contributed by atoms with Crippen LogP contribution in [0.5, 0.6) is 11.5 Å². The van der Waals surface area contributed by atoms with Gasteiger partial charge in [-0.1, -0.05) is 24.3 Å². The quantitative estimate of drug-likeness (QED) is 0.885. The molecule has 0 radical (unpaired) electrons. The zero-order chi connectivity index (χ0) is 18.7. The summed E-state index contributed by atoms with van der Waals surface area (Å²) in [6, 6.07) is 12.9. The molecule has 26 heavy (non-hydrogen) atoms. The van der Waals surface area contributed by atoms with Gasteiger partial charge in [0.05, 0.1) is 6.54 Å². The first kappa shape index (κ1) is 17.8. The van der Waals surface area contributed by atoms with Gasteiger partial charge in [-0.25, -0.2) is 0 Å². The van der Waals surface area contributed by atoms with Gasteiger partial charge in [0.1, 0.15) is 6.10 Å². The highest BCUT2D eigenvalue weighted by Gasteiger charge is 2.34. The predicted octanol–water partition coefficient (Wildman–Crippen LogP) is 2.59. The van der Waals surface area contributed by atoms with E-state index in [1.807, 2.05) is 44.2 Å². The molecule has 0 fully saturated rings. The number of benzene rings is 2. The summed E-state index contributed by atoms with van der Waals surface area (Å²) in [6.45, 7) is 5.54. The molecule has 0 bridgehead atoms. The SMILES string of the molecule is Cc1cccc(NC(=O)CNC(=O)[C@H]2Oc3ccccc3O[C@@H]2C)c1C. The summed E-state index contributed by atoms with van der Waals surface area (Å²) in [5.74, 6) is 0.447. The zero-order valence-electron chi connectivity index (χ0n) is 15.0. The lowest BCUT2D eigenvalue weighted by molar-refractivity contribution is -0.134. The number of aryl methyl sites for hydroxylation is 1. The molecular formula is C20H22N2O4. The molecule has 3 rings (SSSR count). The minimum absolute atomic E-state index is 0.138. The van der Waals surface area contributed by atoms with Crippen LogP contribution in [-0.2, 0) is 9.59 Å². The molecule has 2 atom stereocenters. The van der Waals surface area contributed by atoms with Crippen LogP contribution >= 0.6 is 0 Å². The van der Waals surface area contributed by atoms with E-state index >= 15 is 0 Å². The number of fused-ring (bicyclic) bond motifs is 1. The Balaban J connectivity index is 1.57. The summed E-state index contributed by atoms with van der Waals surface area (Å²) in [5.41, 5.74) is 2.83. The monoisotopic (exact) mass is 354 g/mol. The first-order valence-electron chi connectivity index (χ1n) is 8.52. The van der Waals surface area contributed by atoms with E-state index in [1.54, 1.807) is 19.1 Å². The third-order valence-electron chi connectivity index (χ3n) is 4.40. The Bertz CT molecular complexity index is 834. The molecule has 2 aromatic rings. The number of ether oxygens (including phenoxy) is 2. The van der Waals surface area contributed by atoms with Crippen molar-refractivity contribution in [2.24, 2.45) is 0 Å². The van der Waals surface area contributed by atoms with Crippen molar-refractivity contribution in [3.05, 3.63) is 53.6 Å². The lowest BCUT2D eigenvalue weighted by atomic mass is 10.1. The number of hydrogen-bond acceptors (Lipinski definition) is 4. The number of amides is 2. The Hall–Kier alpha value is -3.02. The van der Waals surface area contributed by atoms with Crippen LogP contribution in [-0.4, -0.2) is 30.6 Å². The second-order valence-corrected chi connectivity index (χ2v) is 6.32. The van der Waals surface area contributed by atoms with E-state index in [0.717, 1.165) is 16.8 Å². The van der Waals surface area contributed by atoms with E-state index in [0.29, 0.717) is 11.5 Å². The minimum Gasteiger partial charge on any atom is -0.482 e. The van der Waals surface area contributed by atoms with Crippen molar-refractivity contribution in [3.8, 4) is 11.5 Å². The fourth-order valence-corrected chi connectivity index (χ4v) is 2.76. The normalized spacial score (nSPS) is 18.1. The van der Waals surface area contributed by atoms with Crippen molar-refractivity contribution in [2.45, 2.75) is 33.0 Å². The van der Waals surface area contributed by atoms with Crippen LogP contribution in [0.3, 0.4) is 0 Å². The number of anilines is 1. The lowest BCUT2D eigenvalue weighted by Crippen LogP contribution is -2.50. The molecule has 1 aliphatic rings. The third kappa shape index (κ3) is 3.79. The fraction of sp³-hybridized carbons (Fsp3) is 0.300. The van der Waals surface area contributed by atoms with E-state index in [-0.39, 0.29) is 18.4 Å². The predicted molar refractivity (Wildman–Crippen MR) is 98.5 cm³/mol. The molecule has 0 saturated carbocycles. The van der Waals surface area contributed by atoms with Crippen molar-refractivity contribution >= 4 is 17.5 Å². The summed E-state index contributed by atoms with van der Waals surface area (Å²) < 4.78 is 11.4. The first-order chi connectivity index (χ1) is 12.5. The van der Waals surface area contributed by atoms with Gasteiger partial charge in [0.15, 0.2) is 11.5 Å². The van der Waals surface area contributed by atoms with Gasteiger partial charge in [0.2, 0.25) is 12.0 Å². The van der Waals surface area contributed by atoms with Crippen LogP contribution in [0.2, 0.25) is 0 Å². The Morgan fingerprint density at radius 2 is 1.69 bits per heavy atom. The second-order valence-electron chi connectivity index (χ2n) is 6.32. The molecule has 2 N–H and O–H groups in total. The van der Waals surface area contributed by atoms with Gasteiger partial charge < -0.3 is 20.1 Å². The van der Waals surface area contributed by atoms with Gasteiger partial charge in [-0.2, -0.15) is 0 Å². The van der Waals surface area contributed by atoms with E-state index < -0.39 is 12.2 Å². The second kappa shape index (κ2) is 7.47. The molecule has 1 aliphatic heterocycles. The van der Waals surface area contributed by atoms with Gasteiger partial charge in [0.25, 0.3) is 5.91 Å². The van der Waals surface area contributed by atoms with Crippen LogP contribution in [0.15, 0.2) is 42.5 Å². The number of carbonyl (C=O) groups is 2. The van der Waals surface area contributed by atoms with Crippen LogP contribution in [0.1, 0.15) is 18.1 Å². The van der Waals surface area contributed by atoms with Crippen molar-refractivity contribution in [2.75, 3.05) is 11.9 Å². The Morgan fingerprint density at radius 1 is 1.00 bits per heavy atom. The van der Waals surface area contributed by atoms with Crippen LogP contribution in [0.25, 0.3) is 0 Å². The smallest absolute Gasteiger partial charge is 0.265 e. The summed E-state index contributed by atoms with van der Waals surface area (Å²) in [4.78, 5) is 24.5. The maximum absolute atomic E-state index is 12.4. The number of carbonyl (C=O) groups excluding carboxylic acids is 2. The molecule has 0 spiro atoms. The average Bonchev–Trinajstić information content (AvgIpc) is 2.63. The van der Waals surface area contributed by atoms with E-state index in [2.05, 4.69) is 10.6 Å². The maximum atomic E-state index is 12.4. The molecule has 2 amide bonds. The molecule has 6 heteroatoms. The van der Waals surface area contributed by atoms with E-state index in [4.69, 9.17) is 9.47 Å². The standard InChI is InChI=1S/C20H22N2O4/c1-12-7-6-8-15(13(12)2)22-18(23)11-21-20(24)19-14(3)25-16-9-4-5-10-17(16)26-19/h4-10,14,19H,11H2,1-3H3,(H,21,24)(H,22,23)/t14-,19+/m1/s1. The van der Waals surface area contributed by atoms with Crippen molar-refractivity contribution in [1.29, 1.82) is 0 Å². The Kier molecular flexibility index (Phi) is 5.11. The summed E-state index contributed by atoms with van der Waals surface area (Å²) in [7, 11) is 0. The van der Waals surface area contributed by atoms with Crippen LogP contribution < -0.4 is 20.1 Å². The van der Waals surface area contributed by atoms with Gasteiger partial charge in [-0.05, 0) is 50.1 Å². The van der Waals surface area contributed by atoms with Gasteiger partial charge >= 0.3 is 0 Å². The molecule has 6 nitrogen and oxygen atoms in total. The summed E-state index contributed by atoms with van der Waals surface area (Å²) in [6.07, 6.45) is -1.26. The number of nitrogens with one attached hydrogen (secondary N) is 2. The largest absolute Gasteiger partial charge is 0.482 e. The molecule has 136 valence electrons. The van der Waals surface area contributed by atoms with E-state index in [9.17, 15) is 9.59 Å². The topological polar surface area (TPSA) is 76.7 Å². The molecule has 1 heterocycles. The van der Waals surface area contributed by atoms with Crippen LogP contribution in [0.4, 0.5) is 5.69 Å². The highest BCUT2D eigenvalue weighted by Crippen LogP contribution is 2.33. The average molecular weight is 354 g/mol. The number of rotatable bonds is 4. The fourth-order valence-electron chi connectivity index (χ4n) is 2.76.